The largest absolute Gasteiger partial charge is 0.289 e. The lowest BCUT2D eigenvalue weighted by Gasteiger charge is -2.00. The minimum atomic E-state index is -0.472. The van der Waals surface area contributed by atoms with Crippen molar-refractivity contribution in [1.82, 2.24) is 0 Å². The number of rotatable bonds is 4. The van der Waals surface area contributed by atoms with Crippen LogP contribution < -0.4 is 0 Å². The molecule has 0 bridgehead atoms. The fourth-order valence-electron chi connectivity index (χ4n) is 1.05. The summed E-state index contributed by atoms with van der Waals surface area (Å²) in [6.45, 7) is 0. The monoisotopic (exact) mass is 242 g/mol. The average molecular weight is 242 g/mol. The first-order valence-corrected chi connectivity index (χ1v) is 6.72. The Balaban J connectivity index is 2.95. The van der Waals surface area contributed by atoms with Crippen molar-refractivity contribution < 1.29 is 9.18 Å². The van der Waals surface area contributed by atoms with E-state index < -0.39 is 5.82 Å². The van der Waals surface area contributed by atoms with Gasteiger partial charge in [0.25, 0.3) is 0 Å². The molecule has 0 spiro atoms. The second-order valence-corrected chi connectivity index (χ2v) is 4.67. The highest BCUT2D eigenvalue weighted by Crippen LogP contribution is 2.24. The van der Waals surface area contributed by atoms with Gasteiger partial charge in [0.1, 0.15) is 5.82 Å². The second-order valence-electron chi connectivity index (χ2n) is 2.72. The summed E-state index contributed by atoms with van der Waals surface area (Å²) >= 11 is 2.96. The molecule has 0 aliphatic carbocycles. The number of halogens is 1. The van der Waals surface area contributed by atoms with Crippen molar-refractivity contribution in [2.75, 3.05) is 12.5 Å². The van der Waals surface area contributed by atoms with Crippen LogP contribution in [0.1, 0.15) is 10.4 Å². The molecule has 15 heavy (non-hydrogen) atoms. The molecule has 4 heteroatoms. The molecule has 1 rings (SSSR count). The van der Waals surface area contributed by atoms with Crippen molar-refractivity contribution in [3.8, 4) is 0 Å². The summed E-state index contributed by atoms with van der Waals surface area (Å²) in [6.07, 6.45) is 5.24. The molecule has 0 heterocycles. The smallest absolute Gasteiger partial charge is 0.190 e. The highest BCUT2D eigenvalue weighted by atomic mass is 32.2. The lowest BCUT2D eigenvalue weighted by molar-refractivity contribution is 0.104. The number of thioether (sulfide) groups is 2. The Bertz CT molecular complexity index is 382. The van der Waals surface area contributed by atoms with Crippen molar-refractivity contribution in [3.05, 3.63) is 46.0 Å². The Morgan fingerprint density at radius 1 is 1.27 bits per heavy atom. The SMILES string of the molecule is CSC(=CC(=O)c1ccccc1F)SC. The Hall–Kier alpha value is -0.740. The molecule has 1 aromatic carbocycles. The maximum atomic E-state index is 13.2. The Morgan fingerprint density at radius 2 is 1.87 bits per heavy atom. The first-order chi connectivity index (χ1) is 7.19. The topological polar surface area (TPSA) is 17.1 Å². The fraction of sp³-hybridized carbons (Fsp3) is 0.182. The zero-order chi connectivity index (χ0) is 11.3. The Kier molecular flexibility index (Phi) is 4.91. The summed E-state index contributed by atoms with van der Waals surface area (Å²) in [4.78, 5) is 11.7. The number of hydrogen-bond acceptors (Lipinski definition) is 3. The molecule has 0 aromatic heterocycles. The number of hydrogen-bond donors (Lipinski definition) is 0. The van der Waals surface area contributed by atoms with Crippen LogP contribution in [0.3, 0.4) is 0 Å². The van der Waals surface area contributed by atoms with Gasteiger partial charge < -0.3 is 0 Å². The van der Waals surface area contributed by atoms with Gasteiger partial charge in [0, 0.05) is 10.3 Å². The predicted molar refractivity (Wildman–Crippen MR) is 65.8 cm³/mol. The number of ketones is 1. The van der Waals surface area contributed by atoms with Gasteiger partial charge in [-0.3, -0.25) is 4.79 Å². The van der Waals surface area contributed by atoms with Crippen molar-refractivity contribution in [1.29, 1.82) is 0 Å². The maximum absolute atomic E-state index is 13.2. The van der Waals surface area contributed by atoms with Crippen LogP contribution in [0.2, 0.25) is 0 Å². The van der Waals surface area contributed by atoms with E-state index in [4.69, 9.17) is 0 Å². The molecule has 0 amide bonds. The lowest BCUT2D eigenvalue weighted by atomic mass is 10.1. The van der Waals surface area contributed by atoms with Gasteiger partial charge in [-0.05, 0) is 24.6 Å². The highest BCUT2D eigenvalue weighted by Gasteiger charge is 2.08. The van der Waals surface area contributed by atoms with E-state index in [2.05, 4.69) is 0 Å². The molecule has 1 aromatic rings. The van der Waals surface area contributed by atoms with Crippen LogP contribution in [0, 0.1) is 5.82 Å². The standard InChI is InChI=1S/C11H11FOS2/c1-14-11(15-2)7-10(13)8-5-3-4-6-9(8)12/h3-7H,1-2H3. The molecule has 0 aliphatic heterocycles. The number of benzene rings is 1. The first-order valence-electron chi connectivity index (χ1n) is 4.27. The van der Waals surface area contributed by atoms with Crippen molar-refractivity contribution in [2.45, 2.75) is 0 Å². The number of carbonyl (C=O) groups excluding carboxylic acids is 1. The molecule has 0 unspecified atom stereocenters. The molecular weight excluding hydrogens is 231 g/mol. The van der Waals surface area contributed by atoms with Gasteiger partial charge in [0.2, 0.25) is 0 Å². The van der Waals surface area contributed by atoms with Crippen LogP contribution in [0.5, 0.6) is 0 Å². The van der Waals surface area contributed by atoms with Crippen LogP contribution in [-0.4, -0.2) is 18.3 Å². The molecule has 0 fully saturated rings. The van der Waals surface area contributed by atoms with E-state index in [1.54, 1.807) is 12.1 Å². The predicted octanol–water partition coefficient (Wildman–Crippen LogP) is 3.58. The van der Waals surface area contributed by atoms with Crippen molar-refractivity contribution >= 4 is 29.3 Å². The molecule has 80 valence electrons. The summed E-state index contributed by atoms with van der Waals surface area (Å²) < 4.78 is 14.1. The highest BCUT2D eigenvalue weighted by molar-refractivity contribution is 8.21. The third kappa shape index (κ3) is 3.39. The summed E-state index contributed by atoms with van der Waals surface area (Å²) in [5.41, 5.74) is 0.123. The van der Waals surface area contributed by atoms with Gasteiger partial charge in [0.05, 0.1) is 5.56 Å². The van der Waals surface area contributed by atoms with Gasteiger partial charge in [0.15, 0.2) is 5.78 Å². The Morgan fingerprint density at radius 3 is 2.40 bits per heavy atom. The average Bonchev–Trinajstić information content (AvgIpc) is 2.26. The third-order valence-corrected chi connectivity index (χ3v) is 3.83. The van der Waals surface area contributed by atoms with E-state index >= 15 is 0 Å². The molecule has 0 saturated heterocycles. The molecular formula is C11H11FOS2. The van der Waals surface area contributed by atoms with Crippen molar-refractivity contribution in [3.63, 3.8) is 0 Å². The van der Waals surface area contributed by atoms with Crippen LogP contribution in [-0.2, 0) is 0 Å². The van der Waals surface area contributed by atoms with E-state index in [0.717, 1.165) is 4.24 Å². The van der Waals surface area contributed by atoms with Crippen LogP contribution >= 0.6 is 23.5 Å². The quantitative estimate of drug-likeness (QED) is 0.593. The Labute approximate surface area is 97.1 Å². The molecule has 1 nitrogen and oxygen atoms in total. The summed E-state index contributed by atoms with van der Waals surface area (Å²) in [5.74, 6) is -0.757. The molecule has 0 radical (unpaired) electrons. The zero-order valence-electron chi connectivity index (χ0n) is 8.49. The summed E-state index contributed by atoms with van der Waals surface area (Å²) in [7, 11) is 0. The van der Waals surface area contributed by atoms with Gasteiger partial charge in [-0.25, -0.2) is 4.39 Å². The minimum Gasteiger partial charge on any atom is -0.289 e. The summed E-state index contributed by atoms with van der Waals surface area (Å²) in [6, 6.07) is 6.01. The van der Waals surface area contributed by atoms with Crippen LogP contribution in [0.4, 0.5) is 4.39 Å². The fourth-order valence-corrected chi connectivity index (χ4v) is 2.16. The van der Waals surface area contributed by atoms with Crippen molar-refractivity contribution in [2.24, 2.45) is 0 Å². The number of carbonyl (C=O) groups is 1. The van der Waals surface area contributed by atoms with Crippen LogP contribution in [0.15, 0.2) is 34.6 Å². The minimum absolute atomic E-state index is 0.123. The zero-order valence-corrected chi connectivity index (χ0v) is 10.1. The lowest BCUT2D eigenvalue weighted by Crippen LogP contribution is -1.98. The molecule has 0 atom stereocenters. The van der Waals surface area contributed by atoms with E-state index in [-0.39, 0.29) is 11.3 Å². The first kappa shape index (κ1) is 12.3. The molecule has 0 N–H and O–H groups in total. The van der Waals surface area contributed by atoms with Crippen LogP contribution in [0.25, 0.3) is 0 Å². The van der Waals surface area contributed by atoms with E-state index in [1.807, 2.05) is 12.5 Å². The van der Waals surface area contributed by atoms with Gasteiger partial charge >= 0.3 is 0 Å². The summed E-state index contributed by atoms with van der Waals surface area (Å²) in [5, 5.41) is 0. The maximum Gasteiger partial charge on any atom is 0.190 e. The molecule has 0 saturated carbocycles. The third-order valence-electron chi connectivity index (χ3n) is 1.79. The second kappa shape index (κ2) is 5.98. The van der Waals surface area contributed by atoms with Gasteiger partial charge in [-0.2, -0.15) is 0 Å². The van der Waals surface area contributed by atoms with E-state index in [1.165, 1.54) is 41.7 Å². The van der Waals surface area contributed by atoms with E-state index in [0.29, 0.717) is 0 Å². The number of allylic oxidation sites excluding steroid dienone is 1. The molecule has 0 aliphatic rings. The van der Waals surface area contributed by atoms with Gasteiger partial charge in [-0.15, -0.1) is 23.5 Å². The van der Waals surface area contributed by atoms with E-state index in [9.17, 15) is 9.18 Å². The van der Waals surface area contributed by atoms with Gasteiger partial charge in [-0.1, -0.05) is 12.1 Å². The normalized spacial score (nSPS) is 9.80.